The predicted octanol–water partition coefficient (Wildman–Crippen LogP) is 3.90. The van der Waals surface area contributed by atoms with E-state index in [2.05, 4.69) is 15.9 Å². The maximum atomic E-state index is 12.5. The lowest BCUT2D eigenvalue weighted by Gasteiger charge is -2.13. The Bertz CT molecular complexity index is 513. The second-order valence-electron chi connectivity index (χ2n) is 3.46. The molecule has 0 aliphatic carbocycles. The van der Waals surface area contributed by atoms with Gasteiger partial charge in [0.2, 0.25) is 0 Å². The molecule has 2 aromatic carbocycles. The number of aliphatic hydroxyl groups excluding tert-OH is 1. The van der Waals surface area contributed by atoms with E-state index in [9.17, 15) is 13.9 Å². The summed E-state index contributed by atoms with van der Waals surface area (Å²) in [5.74, 6) is 0. The minimum absolute atomic E-state index is 0.258. The standard InChI is InChI=1S/C12H9BrF2O/c13-10-6-5-9(11(16)12(14)15)7-3-1-2-4-8(7)10/h1-6,11-12,16H. The number of benzene rings is 2. The zero-order chi connectivity index (χ0) is 11.7. The molecule has 0 amide bonds. The fourth-order valence-corrected chi connectivity index (χ4v) is 2.16. The number of halogens is 3. The summed E-state index contributed by atoms with van der Waals surface area (Å²) in [4.78, 5) is 0. The second kappa shape index (κ2) is 4.47. The molecule has 1 atom stereocenters. The zero-order valence-electron chi connectivity index (χ0n) is 8.20. The Morgan fingerprint density at radius 2 is 1.62 bits per heavy atom. The molecule has 0 fully saturated rings. The van der Waals surface area contributed by atoms with Gasteiger partial charge in [-0.15, -0.1) is 0 Å². The van der Waals surface area contributed by atoms with E-state index in [1.54, 1.807) is 18.2 Å². The predicted molar refractivity (Wildman–Crippen MR) is 62.6 cm³/mol. The van der Waals surface area contributed by atoms with Crippen LogP contribution in [0.4, 0.5) is 8.78 Å². The topological polar surface area (TPSA) is 20.2 Å². The van der Waals surface area contributed by atoms with Crippen molar-refractivity contribution >= 4 is 26.7 Å². The Morgan fingerprint density at radius 1 is 1.00 bits per heavy atom. The monoisotopic (exact) mass is 286 g/mol. The Morgan fingerprint density at radius 3 is 2.25 bits per heavy atom. The lowest BCUT2D eigenvalue weighted by atomic mass is 10.0. The first-order chi connectivity index (χ1) is 7.61. The molecule has 2 rings (SSSR count). The minimum Gasteiger partial charge on any atom is -0.382 e. The van der Waals surface area contributed by atoms with Crippen molar-refractivity contribution in [3.05, 3.63) is 46.4 Å². The van der Waals surface area contributed by atoms with Gasteiger partial charge in [0.15, 0.2) is 0 Å². The van der Waals surface area contributed by atoms with Crippen molar-refractivity contribution in [2.75, 3.05) is 0 Å². The van der Waals surface area contributed by atoms with Gasteiger partial charge in [0, 0.05) is 4.47 Å². The molecule has 16 heavy (non-hydrogen) atoms. The number of aliphatic hydroxyl groups is 1. The van der Waals surface area contributed by atoms with Crippen molar-refractivity contribution in [3.63, 3.8) is 0 Å². The largest absolute Gasteiger partial charge is 0.382 e. The first kappa shape index (κ1) is 11.5. The summed E-state index contributed by atoms with van der Waals surface area (Å²) >= 11 is 3.35. The summed E-state index contributed by atoms with van der Waals surface area (Å²) in [5.41, 5.74) is 0.258. The van der Waals surface area contributed by atoms with Crippen LogP contribution in [0.25, 0.3) is 10.8 Å². The fraction of sp³-hybridized carbons (Fsp3) is 0.167. The van der Waals surface area contributed by atoms with Crippen molar-refractivity contribution < 1.29 is 13.9 Å². The van der Waals surface area contributed by atoms with Crippen LogP contribution in [-0.2, 0) is 0 Å². The molecule has 0 bridgehead atoms. The molecule has 0 saturated carbocycles. The van der Waals surface area contributed by atoms with Crippen LogP contribution in [0, 0.1) is 0 Å². The smallest absolute Gasteiger partial charge is 0.268 e. The van der Waals surface area contributed by atoms with Gasteiger partial charge < -0.3 is 5.11 Å². The molecule has 0 aromatic heterocycles. The van der Waals surface area contributed by atoms with Gasteiger partial charge in [-0.25, -0.2) is 8.78 Å². The fourth-order valence-electron chi connectivity index (χ4n) is 1.68. The average Bonchev–Trinajstić information content (AvgIpc) is 2.29. The molecule has 0 heterocycles. The van der Waals surface area contributed by atoms with Crippen LogP contribution < -0.4 is 0 Å². The van der Waals surface area contributed by atoms with Gasteiger partial charge in [-0.2, -0.15) is 0 Å². The van der Waals surface area contributed by atoms with Gasteiger partial charge in [0.25, 0.3) is 6.43 Å². The van der Waals surface area contributed by atoms with Crippen LogP contribution in [0.2, 0.25) is 0 Å². The minimum atomic E-state index is -2.77. The summed E-state index contributed by atoms with van der Waals surface area (Å²) in [7, 11) is 0. The highest BCUT2D eigenvalue weighted by Crippen LogP contribution is 2.32. The highest BCUT2D eigenvalue weighted by Gasteiger charge is 2.21. The highest BCUT2D eigenvalue weighted by atomic mass is 79.9. The molecule has 0 aliphatic heterocycles. The Labute approximate surface area is 99.8 Å². The van der Waals surface area contributed by atoms with Crippen LogP contribution in [0.3, 0.4) is 0 Å². The third-order valence-electron chi connectivity index (χ3n) is 2.46. The van der Waals surface area contributed by atoms with Gasteiger partial charge >= 0.3 is 0 Å². The normalized spacial score (nSPS) is 13.3. The molecule has 4 heteroatoms. The molecular weight excluding hydrogens is 278 g/mol. The van der Waals surface area contributed by atoms with Gasteiger partial charge in [-0.1, -0.05) is 46.3 Å². The first-order valence-electron chi connectivity index (χ1n) is 4.74. The third kappa shape index (κ3) is 1.95. The number of hydrogen-bond acceptors (Lipinski definition) is 1. The summed E-state index contributed by atoms with van der Waals surface area (Å²) in [6.07, 6.45) is -4.51. The van der Waals surface area contributed by atoms with E-state index >= 15 is 0 Å². The van der Waals surface area contributed by atoms with E-state index in [1.807, 2.05) is 12.1 Å². The Balaban J connectivity index is 2.67. The molecule has 0 spiro atoms. The van der Waals surface area contributed by atoms with Crippen molar-refractivity contribution in [2.45, 2.75) is 12.5 Å². The van der Waals surface area contributed by atoms with E-state index in [4.69, 9.17) is 0 Å². The number of alkyl halides is 2. The lowest BCUT2D eigenvalue weighted by molar-refractivity contribution is -0.00494. The average molecular weight is 287 g/mol. The lowest BCUT2D eigenvalue weighted by Crippen LogP contribution is -2.08. The van der Waals surface area contributed by atoms with E-state index in [0.29, 0.717) is 5.39 Å². The summed E-state index contributed by atoms with van der Waals surface area (Å²) in [6, 6.07) is 10.3. The van der Waals surface area contributed by atoms with E-state index in [-0.39, 0.29) is 5.56 Å². The number of fused-ring (bicyclic) bond motifs is 1. The molecule has 0 aliphatic rings. The van der Waals surface area contributed by atoms with Crippen LogP contribution >= 0.6 is 15.9 Å². The zero-order valence-corrected chi connectivity index (χ0v) is 9.79. The van der Waals surface area contributed by atoms with Crippen molar-refractivity contribution in [1.29, 1.82) is 0 Å². The van der Waals surface area contributed by atoms with Gasteiger partial charge in [-0.05, 0) is 22.4 Å². The number of hydrogen-bond donors (Lipinski definition) is 1. The van der Waals surface area contributed by atoms with Gasteiger partial charge in [-0.3, -0.25) is 0 Å². The van der Waals surface area contributed by atoms with Gasteiger partial charge in [0.05, 0.1) is 0 Å². The second-order valence-corrected chi connectivity index (χ2v) is 4.32. The molecule has 1 N–H and O–H groups in total. The molecule has 1 unspecified atom stereocenters. The van der Waals surface area contributed by atoms with Crippen molar-refractivity contribution in [1.82, 2.24) is 0 Å². The third-order valence-corrected chi connectivity index (χ3v) is 3.15. The van der Waals surface area contributed by atoms with Crippen molar-refractivity contribution in [3.8, 4) is 0 Å². The van der Waals surface area contributed by atoms with Crippen LogP contribution in [0.15, 0.2) is 40.9 Å². The van der Waals surface area contributed by atoms with Crippen molar-refractivity contribution in [2.24, 2.45) is 0 Å². The summed E-state index contributed by atoms with van der Waals surface area (Å²) in [6.45, 7) is 0. The Kier molecular flexibility index (Phi) is 3.21. The maximum absolute atomic E-state index is 12.5. The molecular formula is C12H9BrF2O. The highest BCUT2D eigenvalue weighted by molar-refractivity contribution is 9.10. The molecule has 84 valence electrons. The van der Waals surface area contributed by atoms with E-state index < -0.39 is 12.5 Å². The molecule has 1 nitrogen and oxygen atoms in total. The first-order valence-corrected chi connectivity index (χ1v) is 5.54. The quantitative estimate of drug-likeness (QED) is 0.888. The molecule has 0 radical (unpaired) electrons. The maximum Gasteiger partial charge on any atom is 0.268 e. The summed E-state index contributed by atoms with van der Waals surface area (Å²) in [5, 5.41) is 10.9. The number of rotatable bonds is 2. The van der Waals surface area contributed by atoms with E-state index in [1.165, 1.54) is 6.07 Å². The van der Waals surface area contributed by atoms with Crippen LogP contribution in [0.1, 0.15) is 11.7 Å². The summed E-state index contributed by atoms with van der Waals surface area (Å²) < 4.78 is 25.8. The molecule has 2 aromatic rings. The van der Waals surface area contributed by atoms with Gasteiger partial charge in [0.1, 0.15) is 6.10 Å². The SMILES string of the molecule is OC(c1ccc(Br)c2ccccc12)C(F)F. The van der Waals surface area contributed by atoms with Crippen LogP contribution in [-0.4, -0.2) is 11.5 Å². The van der Waals surface area contributed by atoms with Crippen LogP contribution in [0.5, 0.6) is 0 Å². The van der Waals surface area contributed by atoms with E-state index in [0.717, 1.165) is 9.86 Å². The Hall–Kier alpha value is -1.00. The molecule has 0 saturated heterocycles.